The molecule has 0 spiro atoms. The molecule has 0 fully saturated rings. The van der Waals surface area contributed by atoms with E-state index in [0.717, 1.165) is 16.5 Å². The molecule has 0 bridgehead atoms. The van der Waals surface area contributed by atoms with Gasteiger partial charge in [0.2, 0.25) is 0 Å². The third-order valence-electron chi connectivity index (χ3n) is 2.78. The summed E-state index contributed by atoms with van der Waals surface area (Å²) in [6.07, 6.45) is 0. The van der Waals surface area contributed by atoms with Crippen molar-refractivity contribution in [1.29, 1.82) is 0 Å². The van der Waals surface area contributed by atoms with Crippen molar-refractivity contribution >= 4 is 34.0 Å². The minimum absolute atomic E-state index is 0.336. The summed E-state index contributed by atoms with van der Waals surface area (Å²) < 4.78 is 0. The Morgan fingerprint density at radius 2 is 1.56 bits per heavy atom. The van der Waals surface area contributed by atoms with Gasteiger partial charge in [-0.05, 0) is 28.5 Å². The third kappa shape index (κ3) is 2.05. The van der Waals surface area contributed by atoms with Crippen LogP contribution in [0.3, 0.4) is 0 Å². The first-order valence-electron chi connectivity index (χ1n) is 5.42. The van der Waals surface area contributed by atoms with Crippen molar-refractivity contribution in [2.24, 2.45) is 0 Å². The van der Waals surface area contributed by atoms with Crippen molar-refractivity contribution in [3.8, 4) is 11.1 Å². The van der Waals surface area contributed by atoms with Gasteiger partial charge in [-0.2, -0.15) is 0 Å². The largest absolute Gasteiger partial charge is 0.159 e. The molecule has 0 aliphatic rings. The lowest BCUT2D eigenvalue weighted by molar-refractivity contribution is 1.03. The number of hydrogen-bond acceptors (Lipinski definition) is 2. The fourth-order valence-electron chi connectivity index (χ4n) is 1.91. The molecule has 2 aromatic carbocycles. The number of benzene rings is 2. The zero-order valence-electron chi connectivity index (χ0n) is 9.27. The Labute approximate surface area is 114 Å². The lowest BCUT2D eigenvalue weighted by atomic mass is 10.0. The standard InChI is InChI=1S/C14H8Cl2N2/c15-13-8-12(14(16)18-17-13)11-6-5-9-3-1-2-4-10(9)7-11/h1-8H. The van der Waals surface area contributed by atoms with Crippen LogP contribution in [0.15, 0.2) is 48.5 Å². The van der Waals surface area contributed by atoms with E-state index in [1.165, 1.54) is 5.39 Å². The Morgan fingerprint density at radius 1 is 0.778 bits per heavy atom. The van der Waals surface area contributed by atoms with Crippen LogP contribution in [-0.2, 0) is 0 Å². The summed E-state index contributed by atoms with van der Waals surface area (Å²) >= 11 is 11.9. The number of rotatable bonds is 1. The van der Waals surface area contributed by atoms with Gasteiger partial charge in [0.1, 0.15) is 0 Å². The normalized spacial score (nSPS) is 10.8. The maximum atomic E-state index is 6.05. The highest BCUT2D eigenvalue weighted by Crippen LogP contribution is 2.29. The first-order chi connectivity index (χ1) is 8.74. The maximum Gasteiger partial charge on any atom is 0.159 e. The van der Waals surface area contributed by atoms with Crippen LogP contribution in [0.2, 0.25) is 10.3 Å². The first-order valence-corrected chi connectivity index (χ1v) is 6.17. The van der Waals surface area contributed by atoms with Gasteiger partial charge in [-0.25, -0.2) is 0 Å². The van der Waals surface area contributed by atoms with Crippen LogP contribution < -0.4 is 0 Å². The molecule has 0 N–H and O–H groups in total. The molecule has 0 aliphatic carbocycles. The van der Waals surface area contributed by atoms with Crippen molar-refractivity contribution in [2.45, 2.75) is 0 Å². The molecule has 4 heteroatoms. The molecule has 0 aliphatic heterocycles. The predicted molar refractivity (Wildman–Crippen MR) is 75.0 cm³/mol. The molecule has 0 saturated heterocycles. The number of halogens is 2. The summed E-state index contributed by atoms with van der Waals surface area (Å²) in [5.74, 6) is 0. The SMILES string of the molecule is Clc1cc(-c2ccc3ccccc3c2)c(Cl)nn1. The van der Waals surface area contributed by atoms with Gasteiger partial charge in [0.15, 0.2) is 10.3 Å². The fraction of sp³-hybridized carbons (Fsp3) is 0. The molecule has 0 saturated carbocycles. The topological polar surface area (TPSA) is 25.8 Å². The summed E-state index contributed by atoms with van der Waals surface area (Å²) in [7, 11) is 0. The molecular formula is C14H8Cl2N2. The number of fused-ring (bicyclic) bond motifs is 1. The number of aromatic nitrogens is 2. The molecule has 0 amide bonds. The Morgan fingerprint density at radius 3 is 2.39 bits per heavy atom. The van der Waals surface area contributed by atoms with Crippen molar-refractivity contribution in [1.82, 2.24) is 10.2 Å². The van der Waals surface area contributed by atoms with E-state index < -0.39 is 0 Å². The van der Waals surface area contributed by atoms with E-state index in [9.17, 15) is 0 Å². The highest BCUT2D eigenvalue weighted by Gasteiger charge is 2.07. The minimum atomic E-state index is 0.336. The van der Waals surface area contributed by atoms with Crippen molar-refractivity contribution in [2.75, 3.05) is 0 Å². The molecular weight excluding hydrogens is 267 g/mol. The van der Waals surface area contributed by atoms with Crippen molar-refractivity contribution in [3.05, 3.63) is 58.8 Å². The molecule has 1 aromatic heterocycles. The van der Waals surface area contributed by atoms with Crippen molar-refractivity contribution in [3.63, 3.8) is 0 Å². The third-order valence-corrected chi connectivity index (χ3v) is 3.24. The van der Waals surface area contributed by atoms with Gasteiger partial charge in [0.05, 0.1) is 0 Å². The van der Waals surface area contributed by atoms with E-state index in [4.69, 9.17) is 23.2 Å². The molecule has 3 aromatic rings. The lowest BCUT2D eigenvalue weighted by Crippen LogP contribution is -1.88. The van der Waals surface area contributed by atoms with Crippen LogP contribution in [0.1, 0.15) is 0 Å². The fourth-order valence-corrected chi connectivity index (χ4v) is 2.26. The van der Waals surface area contributed by atoms with Crippen LogP contribution in [0.4, 0.5) is 0 Å². The van der Waals surface area contributed by atoms with Crippen molar-refractivity contribution < 1.29 is 0 Å². The summed E-state index contributed by atoms with van der Waals surface area (Å²) in [5.41, 5.74) is 1.78. The molecule has 0 atom stereocenters. The van der Waals surface area contributed by atoms with Gasteiger partial charge in [-0.15, -0.1) is 10.2 Å². The summed E-state index contributed by atoms with van der Waals surface area (Å²) in [6.45, 7) is 0. The van der Waals surface area contributed by atoms with Gasteiger partial charge in [0, 0.05) is 5.56 Å². The van der Waals surface area contributed by atoms with E-state index >= 15 is 0 Å². The van der Waals surface area contributed by atoms with E-state index in [1.807, 2.05) is 18.2 Å². The average Bonchev–Trinajstić information content (AvgIpc) is 2.41. The quantitative estimate of drug-likeness (QED) is 0.648. The zero-order chi connectivity index (χ0) is 12.5. The molecule has 0 radical (unpaired) electrons. The van der Waals surface area contributed by atoms with E-state index in [0.29, 0.717) is 10.3 Å². The van der Waals surface area contributed by atoms with Crippen LogP contribution in [0, 0.1) is 0 Å². The second kappa shape index (κ2) is 4.56. The summed E-state index contributed by atoms with van der Waals surface area (Å²) in [6, 6.07) is 16.0. The molecule has 3 rings (SSSR count). The highest BCUT2D eigenvalue weighted by molar-refractivity contribution is 6.33. The van der Waals surface area contributed by atoms with Crippen LogP contribution in [0.25, 0.3) is 21.9 Å². The van der Waals surface area contributed by atoms with Crippen LogP contribution >= 0.6 is 23.2 Å². The summed E-state index contributed by atoms with van der Waals surface area (Å²) in [5, 5.41) is 10.6. The predicted octanol–water partition coefficient (Wildman–Crippen LogP) is 4.60. The molecule has 1 heterocycles. The van der Waals surface area contributed by atoms with E-state index in [1.54, 1.807) is 6.07 Å². The van der Waals surface area contributed by atoms with Gasteiger partial charge in [-0.3, -0.25) is 0 Å². The molecule has 88 valence electrons. The molecule has 0 unspecified atom stereocenters. The van der Waals surface area contributed by atoms with Crippen LogP contribution in [0.5, 0.6) is 0 Å². The number of nitrogens with zero attached hydrogens (tertiary/aromatic N) is 2. The maximum absolute atomic E-state index is 6.05. The second-order valence-electron chi connectivity index (χ2n) is 3.93. The Bertz CT molecular complexity index is 726. The molecule has 18 heavy (non-hydrogen) atoms. The van der Waals surface area contributed by atoms with E-state index in [2.05, 4.69) is 34.5 Å². The first kappa shape index (κ1) is 11.5. The van der Waals surface area contributed by atoms with Crippen LogP contribution in [-0.4, -0.2) is 10.2 Å². The van der Waals surface area contributed by atoms with Gasteiger partial charge in [-0.1, -0.05) is 59.6 Å². The molecule has 2 nitrogen and oxygen atoms in total. The van der Waals surface area contributed by atoms with E-state index in [-0.39, 0.29) is 0 Å². The second-order valence-corrected chi connectivity index (χ2v) is 4.68. The minimum Gasteiger partial charge on any atom is -0.137 e. The Kier molecular flexibility index (Phi) is 2.90. The summed E-state index contributed by atoms with van der Waals surface area (Å²) in [4.78, 5) is 0. The van der Waals surface area contributed by atoms with Gasteiger partial charge >= 0.3 is 0 Å². The Hall–Kier alpha value is -1.64. The Balaban J connectivity index is 2.22. The average molecular weight is 275 g/mol. The highest BCUT2D eigenvalue weighted by atomic mass is 35.5. The number of hydrogen-bond donors (Lipinski definition) is 0. The smallest absolute Gasteiger partial charge is 0.137 e. The zero-order valence-corrected chi connectivity index (χ0v) is 10.8. The van der Waals surface area contributed by atoms with Gasteiger partial charge < -0.3 is 0 Å². The lowest BCUT2D eigenvalue weighted by Gasteiger charge is -2.05. The monoisotopic (exact) mass is 274 g/mol. The van der Waals surface area contributed by atoms with Gasteiger partial charge in [0.25, 0.3) is 0 Å².